The molecular weight excluding hydrogens is 426 g/mol. The van der Waals surface area contributed by atoms with Crippen molar-refractivity contribution in [1.82, 2.24) is 0 Å². The molecule has 0 aromatic heterocycles. The van der Waals surface area contributed by atoms with Gasteiger partial charge in [0.2, 0.25) is 0 Å². The van der Waals surface area contributed by atoms with E-state index in [2.05, 4.69) is 2.51 Å². The molecule has 20 heavy (non-hydrogen) atoms. The molecule has 11 heteroatoms. The number of halogens is 6. The van der Waals surface area contributed by atoms with Crippen LogP contribution in [0.5, 0.6) is 0 Å². The van der Waals surface area contributed by atoms with E-state index in [4.69, 9.17) is 3.44 Å². The quantitative estimate of drug-likeness (QED) is 0.450. The van der Waals surface area contributed by atoms with Gasteiger partial charge in [0.25, 0.3) is 0 Å². The Morgan fingerprint density at radius 2 is 1.55 bits per heavy atom. The van der Waals surface area contributed by atoms with Gasteiger partial charge in [-0.1, -0.05) is 0 Å². The van der Waals surface area contributed by atoms with Crippen molar-refractivity contribution in [3.8, 4) is 0 Å². The molecule has 1 aromatic rings. The van der Waals surface area contributed by atoms with E-state index in [1.165, 1.54) is 12.1 Å². The third-order valence-corrected chi connectivity index (χ3v) is 7.32. The third-order valence-electron chi connectivity index (χ3n) is 1.98. The average Bonchev–Trinajstić information content (AvgIpc) is 2.27. The van der Waals surface area contributed by atoms with Gasteiger partial charge in [0, 0.05) is 0 Å². The van der Waals surface area contributed by atoms with Crippen LogP contribution in [-0.4, -0.2) is 22.0 Å². The van der Waals surface area contributed by atoms with Crippen molar-refractivity contribution in [2.75, 3.05) is 0 Å². The Bertz CT molecular complexity index is 569. The molecule has 0 aliphatic rings. The number of hydrogen-bond acceptors (Lipinski definition) is 4. The maximum absolute atomic E-state index is 12.7. The molecule has 0 fully saturated rings. The van der Waals surface area contributed by atoms with Gasteiger partial charge in [-0.3, -0.25) is 0 Å². The van der Waals surface area contributed by atoms with Gasteiger partial charge in [0.1, 0.15) is 0 Å². The minimum atomic E-state index is -6.07. The van der Waals surface area contributed by atoms with Crippen molar-refractivity contribution in [2.24, 2.45) is 0 Å². The molecule has 0 radical (unpaired) electrons. The van der Waals surface area contributed by atoms with Crippen molar-refractivity contribution in [3.63, 3.8) is 0 Å². The van der Waals surface area contributed by atoms with E-state index in [1.807, 2.05) is 0 Å². The summed E-state index contributed by atoms with van der Waals surface area (Å²) in [7, 11) is -4.88. The molecule has 1 N–H and O–H groups in total. The van der Waals surface area contributed by atoms with Gasteiger partial charge in [-0.15, -0.1) is 0 Å². The van der Waals surface area contributed by atoms with E-state index < -0.39 is 45.8 Å². The monoisotopic (exact) mass is 434 g/mol. The Hall–Kier alpha value is -0.530. The van der Waals surface area contributed by atoms with Crippen molar-refractivity contribution in [1.29, 1.82) is 0 Å². The third kappa shape index (κ3) is 3.77. The zero-order chi connectivity index (χ0) is 15.8. The summed E-state index contributed by atoms with van der Waals surface area (Å²) in [5, 5.41) is 0. The fraction of sp³-hybridized carbons (Fsp3) is 0.333. The molecule has 0 atom stereocenters. The zero-order valence-electron chi connectivity index (χ0n) is 9.66. The van der Waals surface area contributed by atoms with E-state index in [0.29, 0.717) is 5.56 Å². The number of hydrogen-bond donors (Lipinski definition) is 1. The molecule has 0 heterocycles. The first kappa shape index (κ1) is 17.5. The molecule has 1 rings (SSSR count). The summed E-state index contributed by atoms with van der Waals surface area (Å²) < 4.78 is 91.3. The van der Waals surface area contributed by atoms with Gasteiger partial charge in [0.05, 0.1) is 0 Å². The second-order valence-electron chi connectivity index (χ2n) is 3.56. The van der Waals surface area contributed by atoms with E-state index in [-0.39, 0.29) is 0 Å². The number of benzene rings is 1. The van der Waals surface area contributed by atoms with Crippen LogP contribution in [0.15, 0.2) is 29.2 Å². The second-order valence-corrected chi connectivity index (χ2v) is 8.81. The molecule has 0 spiro atoms. The molecule has 0 saturated carbocycles. The molecule has 4 nitrogen and oxygen atoms in total. The van der Waals surface area contributed by atoms with E-state index >= 15 is 0 Å². The molecule has 0 bridgehead atoms. The van der Waals surface area contributed by atoms with Gasteiger partial charge in [-0.05, 0) is 0 Å². The van der Waals surface area contributed by atoms with Crippen LogP contribution in [0, 0.1) is 6.92 Å². The van der Waals surface area contributed by atoms with Gasteiger partial charge < -0.3 is 0 Å². The SMILES string of the molecule is Cc1ccc(S(=O)(=O)OI(O)C(F)(F)C(F)(F)F)cc1. The Morgan fingerprint density at radius 1 is 1.10 bits per heavy atom. The molecule has 0 amide bonds. The summed E-state index contributed by atoms with van der Waals surface area (Å²) in [6.07, 6.45) is -6.07. The minimum absolute atomic E-state index is 0.613. The summed E-state index contributed by atoms with van der Waals surface area (Å²) >= 11 is -5.58. The fourth-order valence-electron chi connectivity index (χ4n) is 0.951. The molecule has 0 saturated heterocycles. The fourth-order valence-corrected chi connectivity index (χ4v) is 4.90. The first-order chi connectivity index (χ1) is 8.88. The Kier molecular flexibility index (Phi) is 4.99. The molecule has 1 aromatic carbocycles. The molecule has 0 aliphatic carbocycles. The summed E-state index contributed by atoms with van der Waals surface area (Å²) in [5.74, 6) is 0. The molecular formula is C9H8F5IO4S. The van der Waals surface area contributed by atoms with Gasteiger partial charge in [0.15, 0.2) is 0 Å². The van der Waals surface area contributed by atoms with Gasteiger partial charge in [-0.25, -0.2) is 0 Å². The van der Waals surface area contributed by atoms with Crippen molar-refractivity contribution < 1.29 is 36.3 Å². The van der Waals surface area contributed by atoms with Gasteiger partial charge >= 0.3 is 119 Å². The van der Waals surface area contributed by atoms with Crippen LogP contribution in [0.4, 0.5) is 22.0 Å². The van der Waals surface area contributed by atoms with Gasteiger partial charge in [-0.2, -0.15) is 0 Å². The van der Waals surface area contributed by atoms with Crippen LogP contribution in [0.1, 0.15) is 5.56 Å². The Labute approximate surface area is 119 Å². The van der Waals surface area contributed by atoms with Crippen LogP contribution in [0.3, 0.4) is 0 Å². The van der Waals surface area contributed by atoms with Crippen molar-refractivity contribution in [3.05, 3.63) is 29.8 Å². The zero-order valence-corrected chi connectivity index (χ0v) is 12.6. The number of alkyl halides is 6. The molecule has 0 aliphatic heterocycles. The standard InChI is InChI=1S/C9H8F5IO4S/c1-6-2-4-7(5-3-6)20(17,18)19-15(16)9(13,14)8(10,11)12/h2-5,16H,1H3. The second kappa shape index (κ2) is 5.69. The topological polar surface area (TPSA) is 63.6 Å². The summed E-state index contributed by atoms with van der Waals surface area (Å²) in [6, 6.07) is 4.54. The van der Waals surface area contributed by atoms with E-state index in [9.17, 15) is 30.4 Å². The van der Waals surface area contributed by atoms with Crippen LogP contribution in [0.2, 0.25) is 0 Å². The van der Waals surface area contributed by atoms with Crippen molar-refractivity contribution in [2.45, 2.75) is 21.9 Å². The molecule has 116 valence electrons. The van der Waals surface area contributed by atoms with Crippen LogP contribution >= 0.6 is 20.6 Å². The summed E-state index contributed by atoms with van der Waals surface area (Å²) in [6.45, 7) is 1.61. The van der Waals surface area contributed by atoms with Crippen LogP contribution in [-0.2, 0) is 12.6 Å². The van der Waals surface area contributed by atoms with Crippen LogP contribution in [0.25, 0.3) is 0 Å². The first-order valence-electron chi connectivity index (χ1n) is 4.73. The predicted octanol–water partition coefficient (Wildman–Crippen LogP) is 3.18. The first-order valence-corrected chi connectivity index (χ1v) is 9.07. The summed E-state index contributed by atoms with van der Waals surface area (Å²) in [4.78, 5) is -0.613. The summed E-state index contributed by atoms with van der Waals surface area (Å²) in [5.41, 5.74) is 0.643. The maximum atomic E-state index is 12.7. The van der Waals surface area contributed by atoms with Crippen molar-refractivity contribution >= 4 is 30.8 Å². The van der Waals surface area contributed by atoms with E-state index in [1.54, 1.807) is 6.92 Å². The Morgan fingerprint density at radius 3 is 1.95 bits per heavy atom. The average molecular weight is 434 g/mol. The van der Waals surface area contributed by atoms with Crippen LogP contribution < -0.4 is 0 Å². The van der Waals surface area contributed by atoms with E-state index in [0.717, 1.165) is 12.1 Å². The predicted molar refractivity (Wildman–Crippen MR) is 66.7 cm³/mol. The number of aryl methyl sites for hydroxylation is 1. The normalized spacial score (nSPS) is 14.2. The molecule has 0 unspecified atom stereocenters. The Balaban J connectivity index is 3.00. The number of rotatable bonds is 4.